The molecule has 1 unspecified atom stereocenters. The Hall–Kier alpha value is -3.12. The van der Waals surface area contributed by atoms with Gasteiger partial charge in [0.05, 0.1) is 24.3 Å². The Balaban J connectivity index is 2.27. The monoisotopic (exact) mass is 422 g/mol. The van der Waals surface area contributed by atoms with E-state index in [-0.39, 0.29) is 11.3 Å². The van der Waals surface area contributed by atoms with Gasteiger partial charge in [-0.15, -0.1) is 0 Å². The van der Waals surface area contributed by atoms with Crippen molar-refractivity contribution in [1.29, 1.82) is 0 Å². The summed E-state index contributed by atoms with van der Waals surface area (Å²) < 4.78 is 5.53. The van der Waals surface area contributed by atoms with Crippen LogP contribution in [0.15, 0.2) is 42.0 Å². The minimum atomic E-state index is -0.675. The molecule has 6 heteroatoms. The lowest BCUT2D eigenvalue weighted by molar-refractivity contribution is -0.140. The first kappa shape index (κ1) is 22.6. The van der Waals surface area contributed by atoms with Gasteiger partial charge in [-0.25, -0.2) is 0 Å². The van der Waals surface area contributed by atoms with Gasteiger partial charge >= 0.3 is 0 Å². The fraction of sp³-hybridized carbons (Fsp3) is 0.360. The van der Waals surface area contributed by atoms with E-state index in [1.54, 1.807) is 11.0 Å². The lowest BCUT2D eigenvalue weighted by Gasteiger charge is -2.27. The van der Waals surface area contributed by atoms with Crippen molar-refractivity contribution < 1.29 is 19.4 Å². The summed E-state index contributed by atoms with van der Waals surface area (Å²) in [4.78, 5) is 29.7. The van der Waals surface area contributed by atoms with Crippen LogP contribution < -0.4 is 4.74 Å². The van der Waals surface area contributed by atoms with E-state index in [1.165, 1.54) is 7.11 Å². The highest BCUT2D eigenvalue weighted by atomic mass is 16.5. The van der Waals surface area contributed by atoms with Crippen LogP contribution in [0.25, 0.3) is 5.76 Å². The second-order valence-corrected chi connectivity index (χ2v) is 8.31. The molecule has 0 aromatic heterocycles. The number of likely N-dealkylation sites (tertiary alicyclic amines) is 1. The number of nitrogens with zero attached hydrogens (tertiary/aromatic N) is 2. The minimum absolute atomic E-state index is 0.0985. The summed E-state index contributed by atoms with van der Waals surface area (Å²) in [5.74, 6) is -0.987. The van der Waals surface area contributed by atoms with Crippen LogP contribution in [0.5, 0.6) is 5.75 Å². The Bertz CT molecular complexity index is 1060. The van der Waals surface area contributed by atoms with E-state index in [9.17, 15) is 14.7 Å². The van der Waals surface area contributed by atoms with Crippen LogP contribution >= 0.6 is 0 Å². The van der Waals surface area contributed by atoms with Gasteiger partial charge in [-0.1, -0.05) is 30.3 Å². The van der Waals surface area contributed by atoms with Crippen LogP contribution in [0.4, 0.5) is 0 Å². The third-order valence-corrected chi connectivity index (χ3v) is 5.69. The molecule has 1 aliphatic rings. The molecule has 1 amide bonds. The van der Waals surface area contributed by atoms with Gasteiger partial charge in [0.15, 0.2) is 0 Å². The number of hydrogen-bond acceptors (Lipinski definition) is 5. The third-order valence-electron chi connectivity index (χ3n) is 5.69. The Morgan fingerprint density at radius 3 is 2.39 bits per heavy atom. The van der Waals surface area contributed by atoms with E-state index >= 15 is 0 Å². The number of carbonyl (C=O) groups excluding carboxylic acids is 2. The molecular weight excluding hydrogens is 392 g/mol. The van der Waals surface area contributed by atoms with Crippen molar-refractivity contribution in [2.45, 2.75) is 26.8 Å². The second kappa shape index (κ2) is 8.94. The van der Waals surface area contributed by atoms with Crippen LogP contribution in [-0.2, 0) is 9.59 Å². The molecular formula is C25H30N2O4. The summed E-state index contributed by atoms with van der Waals surface area (Å²) in [5.41, 5.74) is 4.06. The van der Waals surface area contributed by atoms with Crippen molar-refractivity contribution in [1.82, 2.24) is 9.80 Å². The third kappa shape index (κ3) is 4.21. The van der Waals surface area contributed by atoms with Gasteiger partial charge < -0.3 is 19.6 Å². The number of aryl methyl sites for hydroxylation is 3. The molecule has 2 aromatic carbocycles. The highest BCUT2D eigenvalue weighted by Crippen LogP contribution is 2.42. The quantitative estimate of drug-likeness (QED) is 0.438. The number of ether oxygens (including phenoxy) is 1. The molecule has 164 valence electrons. The molecule has 31 heavy (non-hydrogen) atoms. The number of likely N-dealkylation sites (N-methyl/N-ethyl adjacent to an activating group) is 1. The van der Waals surface area contributed by atoms with E-state index in [2.05, 4.69) is 0 Å². The smallest absolute Gasteiger partial charge is 0.295 e. The molecule has 0 aliphatic carbocycles. The SMILES string of the molecule is COc1c(C)cc(C)cc1/C(O)=C1\C(=O)C(=O)N(CCN(C)C)C1c1ccccc1C. The molecule has 0 bridgehead atoms. The zero-order valence-electron chi connectivity index (χ0n) is 19.0. The number of Topliss-reactive ketones (excluding diaryl/α,β-unsaturated/α-hetero) is 1. The van der Waals surface area contributed by atoms with Crippen molar-refractivity contribution >= 4 is 17.4 Å². The number of aliphatic hydroxyl groups excluding tert-OH is 1. The number of carbonyl (C=O) groups is 2. The molecule has 3 rings (SSSR count). The predicted octanol–water partition coefficient (Wildman–Crippen LogP) is 3.60. The standard InChI is InChI=1S/C25H30N2O4/c1-15-13-17(3)24(31-6)19(14-15)22(28)20-21(18-10-8-7-9-16(18)2)27(12-11-26(4)5)25(30)23(20)29/h7-10,13-14,21,28H,11-12H2,1-6H3/b22-20+. The highest BCUT2D eigenvalue weighted by molar-refractivity contribution is 6.46. The lowest BCUT2D eigenvalue weighted by atomic mass is 9.91. The van der Waals surface area contributed by atoms with Gasteiger partial charge in [-0.05, 0) is 63.2 Å². The van der Waals surface area contributed by atoms with Gasteiger partial charge in [0.1, 0.15) is 11.5 Å². The maximum Gasteiger partial charge on any atom is 0.295 e. The Morgan fingerprint density at radius 1 is 1.10 bits per heavy atom. The van der Waals surface area contributed by atoms with Crippen molar-refractivity contribution in [3.63, 3.8) is 0 Å². The molecule has 1 fully saturated rings. The van der Waals surface area contributed by atoms with Crippen LogP contribution in [0.1, 0.15) is 33.9 Å². The van der Waals surface area contributed by atoms with Crippen molar-refractivity contribution in [2.24, 2.45) is 0 Å². The van der Waals surface area contributed by atoms with Gasteiger partial charge in [0.2, 0.25) is 0 Å². The molecule has 1 heterocycles. The number of rotatable bonds is 6. The number of aliphatic hydroxyl groups is 1. The number of benzene rings is 2. The Labute approximate surface area is 183 Å². The van der Waals surface area contributed by atoms with Crippen molar-refractivity contribution in [3.05, 3.63) is 69.8 Å². The van der Waals surface area contributed by atoms with Crippen LogP contribution in [0, 0.1) is 20.8 Å². The molecule has 1 saturated heterocycles. The zero-order chi connectivity index (χ0) is 22.9. The average Bonchev–Trinajstić information content (AvgIpc) is 2.96. The molecule has 1 aliphatic heterocycles. The van der Waals surface area contributed by atoms with Gasteiger partial charge in [0.25, 0.3) is 11.7 Å². The van der Waals surface area contributed by atoms with Crippen molar-refractivity contribution in [2.75, 3.05) is 34.3 Å². The predicted molar refractivity (Wildman–Crippen MR) is 121 cm³/mol. The second-order valence-electron chi connectivity index (χ2n) is 8.31. The van der Waals surface area contributed by atoms with Gasteiger partial charge in [-0.3, -0.25) is 9.59 Å². The van der Waals surface area contributed by atoms with Gasteiger partial charge in [0, 0.05) is 13.1 Å². The number of ketones is 1. The van der Waals surface area contributed by atoms with E-state index in [0.29, 0.717) is 24.4 Å². The molecule has 0 saturated carbocycles. The van der Waals surface area contributed by atoms with E-state index in [0.717, 1.165) is 22.3 Å². The molecule has 1 atom stereocenters. The van der Waals surface area contributed by atoms with E-state index in [4.69, 9.17) is 4.74 Å². The summed E-state index contributed by atoms with van der Waals surface area (Å²) in [6, 6.07) is 10.7. The van der Waals surface area contributed by atoms with Crippen LogP contribution in [0.3, 0.4) is 0 Å². The van der Waals surface area contributed by atoms with Crippen LogP contribution in [0.2, 0.25) is 0 Å². The van der Waals surface area contributed by atoms with Crippen LogP contribution in [-0.4, -0.2) is 60.9 Å². The maximum absolute atomic E-state index is 13.2. The van der Waals surface area contributed by atoms with E-state index < -0.39 is 17.7 Å². The fourth-order valence-electron chi connectivity index (χ4n) is 4.18. The summed E-state index contributed by atoms with van der Waals surface area (Å²) >= 11 is 0. The normalized spacial score (nSPS) is 18.2. The van der Waals surface area contributed by atoms with Crippen molar-refractivity contribution in [3.8, 4) is 5.75 Å². The first-order chi connectivity index (χ1) is 14.7. The minimum Gasteiger partial charge on any atom is -0.507 e. The summed E-state index contributed by atoms with van der Waals surface area (Å²) in [6.45, 7) is 6.72. The number of methoxy groups -OCH3 is 1. The Morgan fingerprint density at radius 2 is 1.77 bits per heavy atom. The fourth-order valence-corrected chi connectivity index (χ4v) is 4.18. The topological polar surface area (TPSA) is 70.1 Å². The summed E-state index contributed by atoms with van der Waals surface area (Å²) in [7, 11) is 5.36. The average molecular weight is 423 g/mol. The first-order valence-electron chi connectivity index (χ1n) is 10.3. The summed E-state index contributed by atoms with van der Waals surface area (Å²) in [6.07, 6.45) is 0. The van der Waals surface area contributed by atoms with E-state index in [1.807, 2.05) is 70.1 Å². The molecule has 0 radical (unpaired) electrons. The molecule has 6 nitrogen and oxygen atoms in total. The van der Waals surface area contributed by atoms with Gasteiger partial charge in [-0.2, -0.15) is 0 Å². The lowest BCUT2D eigenvalue weighted by Crippen LogP contribution is -2.35. The first-order valence-corrected chi connectivity index (χ1v) is 10.3. The molecule has 1 N–H and O–H groups in total. The largest absolute Gasteiger partial charge is 0.507 e. The molecule has 0 spiro atoms. The highest BCUT2D eigenvalue weighted by Gasteiger charge is 2.46. The number of hydrogen-bond donors (Lipinski definition) is 1. The summed E-state index contributed by atoms with van der Waals surface area (Å²) in [5, 5.41) is 11.4. The zero-order valence-corrected chi connectivity index (χ0v) is 19.0. The molecule has 2 aromatic rings. The number of amides is 1. The maximum atomic E-state index is 13.2. The Kier molecular flexibility index (Phi) is 6.51.